The molecule has 166 valence electrons. The molecule has 2 fully saturated rings. The molecule has 5 aliphatic rings. The molecule has 2 bridgehead atoms. The van der Waals surface area contributed by atoms with Gasteiger partial charge >= 0.3 is 0 Å². The first kappa shape index (κ1) is 20.1. The lowest BCUT2D eigenvalue weighted by Crippen LogP contribution is -2.60. The zero-order valence-electron chi connectivity index (χ0n) is 18.6. The third-order valence-corrected chi connectivity index (χ3v) is 8.46. The molecule has 32 heavy (non-hydrogen) atoms. The van der Waals surface area contributed by atoms with Gasteiger partial charge in [-0.1, -0.05) is 67.8 Å². The maximum absolute atomic E-state index is 14.2. The van der Waals surface area contributed by atoms with Crippen LogP contribution in [0.1, 0.15) is 60.3 Å². The fourth-order valence-corrected chi connectivity index (χ4v) is 7.42. The molecule has 2 aromatic rings. The average molecular weight is 432 g/mol. The molecule has 1 saturated carbocycles. The van der Waals surface area contributed by atoms with Crippen LogP contribution in [-0.4, -0.2) is 43.3 Å². The Morgan fingerprint density at radius 1 is 0.844 bits per heavy atom. The van der Waals surface area contributed by atoms with E-state index in [0.29, 0.717) is 0 Å². The van der Waals surface area contributed by atoms with Crippen LogP contribution in [0, 0.1) is 11.8 Å². The van der Waals surface area contributed by atoms with Gasteiger partial charge in [0.25, 0.3) is 0 Å². The summed E-state index contributed by atoms with van der Waals surface area (Å²) in [6.07, 6.45) is 4.47. The molecule has 0 spiro atoms. The van der Waals surface area contributed by atoms with Gasteiger partial charge in [-0.25, -0.2) is 0 Å². The van der Waals surface area contributed by atoms with E-state index in [9.17, 15) is 9.59 Å². The molecule has 0 N–H and O–H groups in total. The molecule has 4 aliphatic carbocycles. The van der Waals surface area contributed by atoms with Gasteiger partial charge < -0.3 is 9.47 Å². The third-order valence-electron chi connectivity index (χ3n) is 8.46. The van der Waals surface area contributed by atoms with Gasteiger partial charge in [0.1, 0.15) is 0 Å². The minimum Gasteiger partial charge on any atom is -0.355 e. The number of hydrogen-bond acceptors (Lipinski definition) is 4. The summed E-state index contributed by atoms with van der Waals surface area (Å²) in [5.41, 5.74) is 3.51. The van der Waals surface area contributed by atoms with E-state index in [4.69, 9.17) is 9.47 Å². The number of likely N-dealkylation sites (tertiary alicyclic amines) is 1. The average Bonchev–Trinajstić information content (AvgIpc) is 3.11. The molecule has 1 heterocycles. The molecule has 1 saturated heterocycles. The van der Waals surface area contributed by atoms with Crippen molar-refractivity contribution >= 4 is 11.8 Å². The molecule has 2 atom stereocenters. The number of carbonyl (C=O) groups is 2. The van der Waals surface area contributed by atoms with Crippen LogP contribution >= 0.6 is 0 Å². The van der Waals surface area contributed by atoms with Crippen molar-refractivity contribution in [2.24, 2.45) is 11.8 Å². The molecular formula is C27H29NO4. The predicted octanol–water partition coefficient (Wildman–Crippen LogP) is 3.98. The molecule has 0 aromatic heterocycles. The number of carbonyl (C=O) groups excluding carboxylic acids is 2. The van der Waals surface area contributed by atoms with E-state index in [2.05, 4.69) is 24.3 Å². The first-order valence-corrected chi connectivity index (χ1v) is 11.8. The monoisotopic (exact) mass is 431 g/mol. The van der Waals surface area contributed by atoms with Crippen LogP contribution in [-0.2, 0) is 24.5 Å². The van der Waals surface area contributed by atoms with Gasteiger partial charge in [0, 0.05) is 26.2 Å². The van der Waals surface area contributed by atoms with Crippen LogP contribution in [0.2, 0.25) is 0 Å². The Morgan fingerprint density at radius 2 is 1.41 bits per heavy atom. The molecule has 2 aromatic carbocycles. The Bertz CT molecular complexity index is 1040. The molecule has 1 aliphatic heterocycles. The fourth-order valence-electron chi connectivity index (χ4n) is 7.42. The lowest BCUT2D eigenvalue weighted by molar-refractivity contribution is -0.169. The number of rotatable bonds is 4. The van der Waals surface area contributed by atoms with Gasteiger partial charge in [-0.3, -0.25) is 14.5 Å². The highest BCUT2D eigenvalue weighted by molar-refractivity contribution is 6.08. The minimum atomic E-state index is -0.855. The van der Waals surface area contributed by atoms with Crippen LogP contribution < -0.4 is 0 Å². The highest BCUT2D eigenvalue weighted by Crippen LogP contribution is 2.65. The number of amides is 2. The van der Waals surface area contributed by atoms with Crippen LogP contribution in [0.15, 0.2) is 48.5 Å². The number of benzene rings is 2. The second-order valence-corrected chi connectivity index (χ2v) is 9.67. The second kappa shape index (κ2) is 7.26. The first-order chi connectivity index (χ1) is 15.7. The summed E-state index contributed by atoms with van der Waals surface area (Å²) in [5.74, 6) is -1.09. The van der Waals surface area contributed by atoms with Crippen LogP contribution in [0.25, 0.3) is 0 Å². The van der Waals surface area contributed by atoms with Crippen LogP contribution in [0.4, 0.5) is 0 Å². The largest absolute Gasteiger partial charge is 0.355 e. The van der Waals surface area contributed by atoms with Crippen LogP contribution in [0.3, 0.4) is 0 Å². The first-order valence-electron chi connectivity index (χ1n) is 11.8. The van der Waals surface area contributed by atoms with Crippen molar-refractivity contribution < 1.29 is 19.1 Å². The van der Waals surface area contributed by atoms with Crippen molar-refractivity contribution in [2.75, 3.05) is 14.2 Å². The van der Waals surface area contributed by atoms with Gasteiger partial charge in [-0.2, -0.15) is 0 Å². The Labute approximate surface area is 188 Å². The Balaban J connectivity index is 1.64. The van der Waals surface area contributed by atoms with Gasteiger partial charge in [0.2, 0.25) is 11.8 Å². The van der Waals surface area contributed by atoms with Gasteiger partial charge in [0.15, 0.2) is 6.29 Å². The molecule has 0 unspecified atom stereocenters. The normalized spacial score (nSPS) is 31.1. The topological polar surface area (TPSA) is 55.8 Å². The standard InChI is InChI=1S/C27H29NO4/c1-31-26(32-2)27-19-14-8-6-12-17(19)21(18-13-7-9-15-20(18)27)22-23(27)25(30)28(24(22)29)16-10-4-3-5-11-16/h6-9,12-16,21-23,26H,3-5,10-11H2,1-2H3/t21?,22-,23+,27?/m0/s1. The molecule has 5 nitrogen and oxygen atoms in total. The maximum Gasteiger partial charge on any atom is 0.234 e. The molecular weight excluding hydrogens is 402 g/mol. The van der Waals surface area contributed by atoms with Crippen molar-refractivity contribution in [3.05, 3.63) is 70.8 Å². The van der Waals surface area contributed by atoms with Crippen molar-refractivity contribution in [2.45, 2.75) is 55.8 Å². The summed E-state index contributed by atoms with van der Waals surface area (Å²) < 4.78 is 11.9. The van der Waals surface area contributed by atoms with Crippen molar-refractivity contribution in [3.8, 4) is 0 Å². The summed E-state index contributed by atoms with van der Waals surface area (Å²) in [6.45, 7) is 0. The lowest BCUT2D eigenvalue weighted by Gasteiger charge is -2.56. The van der Waals surface area contributed by atoms with Gasteiger partial charge in [0.05, 0.1) is 17.3 Å². The Hall–Kier alpha value is -2.50. The van der Waals surface area contributed by atoms with Gasteiger partial charge in [-0.05, 0) is 35.1 Å². The molecule has 0 radical (unpaired) electrons. The second-order valence-electron chi connectivity index (χ2n) is 9.67. The van der Waals surface area contributed by atoms with Gasteiger partial charge in [-0.15, -0.1) is 0 Å². The van der Waals surface area contributed by atoms with E-state index in [1.165, 1.54) is 6.42 Å². The maximum atomic E-state index is 14.2. The summed E-state index contributed by atoms with van der Waals surface area (Å²) >= 11 is 0. The van der Waals surface area contributed by atoms with E-state index in [0.717, 1.165) is 47.9 Å². The summed E-state index contributed by atoms with van der Waals surface area (Å²) in [6, 6.07) is 16.5. The SMILES string of the molecule is COC(OC)C12c3ccccc3C(c3ccccc31)[C@@H]1C(=O)N(C3CCCCC3)C(=O)[C@@H]12. The Morgan fingerprint density at radius 3 is 1.97 bits per heavy atom. The fraction of sp³-hybridized carbons (Fsp3) is 0.481. The summed E-state index contributed by atoms with van der Waals surface area (Å²) in [5, 5.41) is 0. The van der Waals surface area contributed by atoms with Crippen LogP contribution in [0.5, 0.6) is 0 Å². The zero-order chi connectivity index (χ0) is 22.0. The van der Waals surface area contributed by atoms with E-state index < -0.39 is 23.5 Å². The van der Waals surface area contributed by atoms with Crippen molar-refractivity contribution in [1.82, 2.24) is 4.90 Å². The highest BCUT2D eigenvalue weighted by Gasteiger charge is 2.71. The number of ether oxygens (including phenoxy) is 2. The van der Waals surface area contributed by atoms with E-state index in [-0.39, 0.29) is 23.8 Å². The quantitative estimate of drug-likeness (QED) is 0.543. The number of nitrogens with zero attached hydrogens (tertiary/aromatic N) is 1. The number of imide groups is 1. The Kier molecular flexibility index (Phi) is 4.57. The number of methoxy groups -OCH3 is 2. The zero-order valence-corrected chi connectivity index (χ0v) is 18.6. The molecule has 2 amide bonds. The highest BCUT2D eigenvalue weighted by atomic mass is 16.7. The molecule has 7 rings (SSSR count). The van der Waals surface area contributed by atoms with Crippen molar-refractivity contribution in [3.63, 3.8) is 0 Å². The summed E-state index contributed by atoms with van der Waals surface area (Å²) in [7, 11) is 3.26. The lowest BCUT2D eigenvalue weighted by atomic mass is 9.47. The van der Waals surface area contributed by atoms with Crippen molar-refractivity contribution in [1.29, 1.82) is 0 Å². The minimum absolute atomic E-state index is 0.00348. The smallest absolute Gasteiger partial charge is 0.234 e. The predicted molar refractivity (Wildman–Crippen MR) is 119 cm³/mol. The third kappa shape index (κ3) is 2.31. The molecule has 5 heteroatoms. The van der Waals surface area contributed by atoms with E-state index in [1.54, 1.807) is 19.1 Å². The summed E-state index contributed by atoms with van der Waals surface area (Å²) in [4.78, 5) is 29.9. The van der Waals surface area contributed by atoms with E-state index in [1.807, 2.05) is 24.3 Å². The number of hydrogen-bond donors (Lipinski definition) is 0. The van der Waals surface area contributed by atoms with E-state index >= 15 is 0 Å².